The van der Waals surface area contributed by atoms with Crippen LogP contribution in [0.3, 0.4) is 0 Å². The number of ether oxygens (including phenoxy) is 1. The fourth-order valence-corrected chi connectivity index (χ4v) is 1.71. The SMILES string of the molecule is CCC(=O)C(C)c1nc(-c2ccc(OC)cc2)no1. The largest absolute Gasteiger partial charge is 0.497 e. The van der Waals surface area contributed by atoms with Gasteiger partial charge >= 0.3 is 0 Å². The minimum absolute atomic E-state index is 0.0879. The molecule has 19 heavy (non-hydrogen) atoms. The average Bonchev–Trinajstić information content (AvgIpc) is 2.95. The Balaban J connectivity index is 2.22. The van der Waals surface area contributed by atoms with Gasteiger partial charge in [0.05, 0.1) is 13.0 Å². The highest BCUT2D eigenvalue weighted by Crippen LogP contribution is 2.22. The molecule has 0 bridgehead atoms. The van der Waals surface area contributed by atoms with Crippen LogP contribution >= 0.6 is 0 Å². The van der Waals surface area contributed by atoms with E-state index in [2.05, 4.69) is 10.1 Å². The van der Waals surface area contributed by atoms with Gasteiger partial charge in [-0.3, -0.25) is 4.79 Å². The van der Waals surface area contributed by atoms with E-state index in [1.807, 2.05) is 31.2 Å². The molecule has 1 atom stereocenters. The Morgan fingerprint density at radius 3 is 2.63 bits per heavy atom. The van der Waals surface area contributed by atoms with Crippen molar-refractivity contribution in [3.05, 3.63) is 30.2 Å². The van der Waals surface area contributed by atoms with Crippen LogP contribution in [0.5, 0.6) is 5.75 Å². The number of nitrogens with zero attached hydrogens (tertiary/aromatic N) is 2. The minimum atomic E-state index is -0.357. The molecule has 0 aliphatic rings. The van der Waals surface area contributed by atoms with Crippen molar-refractivity contribution < 1.29 is 14.1 Å². The van der Waals surface area contributed by atoms with E-state index >= 15 is 0 Å². The van der Waals surface area contributed by atoms with E-state index in [9.17, 15) is 4.79 Å². The number of hydrogen-bond donors (Lipinski definition) is 0. The topological polar surface area (TPSA) is 65.2 Å². The second-order valence-electron chi connectivity index (χ2n) is 4.23. The van der Waals surface area contributed by atoms with Crippen molar-refractivity contribution >= 4 is 5.78 Å². The summed E-state index contributed by atoms with van der Waals surface area (Å²) in [7, 11) is 1.61. The van der Waals surface area contributed by atoms with Crippen LogP contribution in [0, 0.1) is 0 Å². The Labute approximate surface area is 111 Å². The first-order chi connectivity index (χ1) is 9.15. The predicted molar refractivity (Wildman–Crippen MR) is 70.0 cm³/mol. The van der Waals surface area contributed by atoms with Gasteiger partial charge in [-0.15, -0.1) is 0 Å². The van der Waals surface area contributed by atoms with Crippen LogP contribution in [0.25, 0.3) is 11.4 Å². The number of benzene rings is 1. The summed E-state index contributed by atoms with van der Waals surface area (Å²) in [4.78, 5) is 15.9. The Kier molecular flexibility index (Phi) is 3.94. The first kappa shape index (κ1) is 13.3. The Hall–Kier alpha value is -2.17. The van der Waals surface area contributed by atoms with Gasteiger partial charge in [-0.25, -0.2) is 0 Å². The number of carbonyl (C=O) groups excluding carboxylic acids is 1. The molecule has 100 valence electrons. The van der Waals surface area contributed by atoms with Gasteiger partial charge in [0.2, 0.25) is 11.7 Å². The first-order valence-electron chi connectivity index (χ1n) is 6.16. The summed E-state index contributed by atoms with van der Waals surface area (Å²) in [5, 5.41) is 3.90. The molecule has 1 aromatic heterocycles. The molecule has 0 saturated heterocycles. The monoisotopic (exact) mass is 260 g/mol. The zero-order valence-corrected chi connectivity index (χ0v) is 11.2. The summed E-state index contributed by atoms with van der Waals surface area (Å²) < 4.78 is 10.2. The second-order valence-corrected chi connectivity index (χ2v) is 4.23. The summed E-state index contributed by atoms with van der Waals surface area (Å²) in [5.74, 6) is 1.34. The molecule has 0 aliphatic heterocycles. The minimum Gasteiger partial charge on any atom is -0.497 e. The van der Waals surface area contributed by atoms with Crippen LogP contribution in [-0.2, 0) is 4.79 Å². The van der Waals surface area contributed by atoms with Crippen molar-refractivity contribution in [1.82, 2.24) is 10.1 Å². The van der Waals surface area contributed by atoms with Gasteiger partial charge in [0, 0.05) is 12.0 Å². The van der Waals surface area contributed by atoms with Crippen LogP contribution in [0.1, 0.15) is 32.1 Å². The Morgan fingerprint density at radius 2 is 2.05 bits per heavy atom. The Bertz CT molecular complexity index is 560. The first-order valence-corrected chi connectivity index (χ1v) is 6.16. The zero-order chi connectivity index (χ0) is 13.8. The normalized spacial score (nSPS) is 12.2. The number of rotatable bonds is 5. The van der Waals surface area contributed by atoms with Crippen LogP contribution < -0.4 is 4.74 Å². The maximum Gasteiger partial charge on any atom is 0.237 e. The molecule has 5 heteroatoms. The smallest absolute Gasteiger partial charge is 0.237 e. The molecular formula is C14H16N2O3. The van der Waals surface area contributed by atoms with E-state index in [0.717, 1.165) is 11.3 Å². The molecule has 1 aromatic carbocycles. The van der Waals surface area contributed by atoms with Gasteiger partial charge in [-0.1, -0.05) is 12.1 Å². The number of aromatic nitrogens is 2. The lowest BCUT2D eigenvalue weighted by Gasteiger charge is -2.01. The molecule has 0 spiro atoms. The van der Waals surface area contributed by atoms with Gasteiger partial charge in [-0.05, 0) is 31.2 Å². The predicted octanol–water partition coefficient (Wildman–Crippen LogP) is 2.83. The zero-order valence-electron chi connectivity index (χ0n) is 11.2. The van der Waals surface area contributed by atoms with Crippen LogP contribution in [0.4, 0.5) is 0 Å². The molecule has 1 unspecified atom stereocenters. The second kappa shape index (κ2) is 5.65. The van der Waals surface area contributed by atoms with Crippen molar-refractivity contribution in [2.24, 2.45) is 0 Å². The van der Waals surface area contributed by atoms with E-state index in [-0.39, 0.29) is 11.7 Å². The van der Waals surface area contributed by atoms with Gasteiger partial charge in [0.1, 0.15) is 11.5 Å². The summed E-state index contributed by atoms with van der Waals surface area (Å²) in [6.45, 7) is 3.59. The lowest BCUT2D eigenvalue weighted by molar-refractivity contribution is -0.120. The molecular weight excluding hydrogens is 244 g/mol. The van der Waals surface area contributed by atoms with Crippen molar-refractivity contribution in [3.8, 4) is 17.1 Å². The fourth-order valence-electron chi connectivity index (χ4n) is 1.71. The van der Waals surface area contributed by atoms with Crippen molar-refractivity contribution in [3.63, 3.8) is 0 Å². The average molecular weight is 260 g/mol. The number of carbonyl (C=O) groups is 1. The third-order valence-corrected chi connectivity index (χ3v) is 2.99. The van der Waals surface area contributed by atoms with Gasteiger partial charge in [-0.2, -0.15) is 4.98 Å². The van der Waals surface area contributed by atoms with Crippen LogP contribution in [0.15, 0.2) is 28.8 Å². The summed E-state index contributed by atoms with van der Waals surface area (Å²) in [6, 6.07) is 7.34. The van der Waals surface area contributed by atoms with Crippen molar-refractivity contribution in [2.75, 3.05) is 7.11 Å². The van der Waals surface area contributed by atoms with E-state index in [0.29, 0.717) is 18.1 Å². The highest BCUT2D eigenvalue weighted by molar-refractivity contribution is 5.84. The van der Waals surface area contributed by atoms with E-state index in [4.69, 9.17) is 9.26 Å². The molecule has 0 amide bonds. The van der Waals surface area contributed by atoms with Crippen LogP contribution in [0.2, 0.25) is 0 Å². The molecule has 0 saturated carbocycles. The highest BCUT2D eigenvalue weighted by atomic mass is 16.5. The van der Waals surface area contributed by atoms with E-state index < -0.39 is 0 Å². The molecule has 0 aliphatic carbocycles. The molecule has 5 nitrogen and oxygen atoms in total. The lowest BCUT2D eigenvalue weighted by Crippen LogP contribution is -2.07. The molecule has 1 heterocycles. The fraction of sp³-hybridized carbons (Fsp3) is 0.357. The maximum absolute atomic E-state index is 11.6. The molecule has 2 aromatic rings. The number of Topliss-reactive ketones (excluding diaryl/α,β-unsaturated/α-hetero) is 1. The highest BCUT2D eigenvalue weighted by Gasteiger charge is 2.20. The lowest BCUT2D eigenvalue weighted by atomic mass is 10.1. The van der Waals surface area contributed by atoms with Gasteiger partial charge in [0.15, 0.2) is 0 Å². The standard InChI is InChI=1S/C14H16N2O3/c1-4-12(17)9(2)14-15-13(16-19-14)10-5-7-11(18-3)8-6-10/h5-9H,4H2,1-3H3. The van der Waals surface area contributed by atoms with Crippen LogP contribution in [-0.4, -0.2) is 23.0 Å². The summed E-state index contributed by atoms with van der Waals surface area (Å²) in [6.07, 6.45) is 0.460. The third-order valence-electron chi connectivity index (χ3n) is 2.99. The van der Waals surface area contributed by atoms with E-state index in [1.54, 1.807) is 14.0 Å². The summed E-state index contributed by atoms with van der Waals surface area (Å²) in [5.41, 5.74) is 0.826. The van der Waals surface area contributed by atoms with Gasteiger partial charge < -0.3 is 9.26 Å². The number of methoxy groups -OCH3 is 1. The quantitative estimate of drug-likeness (QED) is 0.827. The molecule has 2 rings (SSSR count). The van der Waals surface area contributed by atoms with Crippen molar-refractivity contribution in [1.29, 1.82) is 0 Å². The maximum atomic E-state index is 11.6. The van der Waals surface area contributed by atoms with Gasteiger partial charge in [0.25, 0.3) is 0 Å². The molecule has 0 N–H and O–H groups in total. The number of hydrogen-bond acceptors (Lipinski definition) is 5. The Morgan fingerprint density at radius 1 is 1.37 bits per heavy atom. The van der Waals surface area contributed by atoms with Crippen molar-refractivity contribution in [2.45, 2.75) is 26.2 Å². The van der Waals surface area contributed by atoms with E-state index in [1.165, 1.54) is 0 Å². The molecule has 0 fully saturated rings. The number of ketones is 1. The third kappa shape index (κ3) is 2.81. The summed E-state index contributed by atoms with van der Waals surface area (Å²) >= 11 is 0. The molecule has 0 radical (unpaired) electrons.